The molecule has 0 spiro atoms. The van der Waals surface area contributed by atoms with Gasteiger partial charge in [0.05, 0.1) is 11.9 Å². The molecule has 0 heterocycles. The lowest BCUT2D eigenvalue weighted by Gasteiger charge is -2.32. The summed E-state index contributed by atoms with van der Waals surface area (Å²) < 4.78 is 28.1. The van der Waals surface area contributed by atoms with Crippen molar-refractivity contribution >= 4 is 59.4 Å². The highest BCUT2D eigenvalue weighted by molar-refractivity contribution is 9.10. The molecule has 0 saturated heterocycles. The number of nitrogens with zero attached hydrogens (tertiary/aromatic N) is 2. The Morgan fingerprint density at radius 2 is 1.68 bits per heavy atom. The number of sulfonamides is 1. The minimum atomic E-state index is -3.76. The summed E-state index contributed by atoms with van der Waals surface area (Å²) in [5.41, 5.74) is 2.05. The van der Waals surface area contributed by atoms with Crippen LogP contribution in [0.2, 0.25) is 0 Å². The van der Waals surface area contributed by atoms with E-state index in [0.717, 1.165) is 37.1 Å². The monoisotopic (exact) mass is 615 g/mol. The summed E-state index contributed by atoms with van der Waals surface area (Å²) in [6.07, 6.45) is 1.82. The Kier molecular flexibility index (Phi) is 10.1. The number of hydrogen-bond acceptors (Lipinski definition) is 4. The van der Waals surface area contributed by atoms with Gasteiger partial charge < -0.3 is 10.2 Å². The SMILES string of the molecule is CC[C@@H](C)NC(=O)[C@H](C)N(Cc1ccc(Br)cc1)C(=O)CN(c1ccc(Br)c(C)c1)S(C)(=O)=O. The van der Waals surface area contributed by atoms with E-state index in [0.29, 0.717) is 5.69 Å². The van der Waals surface area contributed by atoms with Crippen molar-refractivity contribution in [3.05, 3.63) is 62.5 Å². The van der Waals surface area contributed by atoms with Crippen LogP contribution in [0.1, 0.15) is 38.3 Å². The highest BCUT2D eigenvalue weighted by Crippen LogP contribution is 2.25. The molecule has 0 saturated carbocycles. The number of aryl methyl sites for hydroxylation is 1. The standard InChI is InChI=1S/C24H31Br2N3O4S/c1-6-17(3)27-24(31)18(4)28(14-19-7-9-20(25)10-8-19)23(30)15-29(34(5,32)33)21-11-12-22(26)16(2)13-21/h7-13,17-18H,6,14-15H2,1-5H3,(H,27,31)/t17-,18+/m1/s1. The molecule has 2 aromatic carbocycles. The van der Waals surface area contributed by atoms with E-state index in [2.05, 4.69) is 37.2 Å². The Bertz CT molecular complexity index is 1120. The third kappa shape index (κ3) is 7.81. The number of nitrogens with one attached hydrogen (secondary N) is 1. The predicted octanol–water partition coefficient (Wildman–Crippen LogP) is 4.62. The summed E-state index contributed by atoms with van der Waals surface area (Å²) >= 11 is 6.81. The van der Waals surface area contributed by atoms with Gasteiger partial charge in [0.25, 0.3) is 0 Å². The van der Waals surface area contributed by atoms with Gasteiger partial charge in [0.15, 0.2) is 0 Å². The molecule has 1 N–H and O–H groups in total. The van der Waals surface area contributed by atoms with E-state index in [9.17, 15) is 18.0 Å². The van der Waals surface area contributed by atoms with Crippen LogP contribution in [-0.2, 0) is 26.2 Å². The Morgan fingerprint density at radius 1 is 1.06 bits per heavy atom. The van der Waals surface area contributed by atoms with E-state index in [1.54, 1.807) is 25.1 Å². The molecule has 7 nitrogen and oxygen atoms in total. The molecule has 10 heteroatoms. The fraction of sp³-hybridized carbons (Fsp3) is 0.417. The number of benzene rings is 2. The molecule has 0 aromatic heterocycles. The third-order valence-electron chi connectivity index (χ3n) is 5.54. The normalized spacial score (nSPS) is 13.1. The highest BCUT2D eigenvalue weighted by Gasteiger charge is 2.30. The average molecular weight is 617 g/mol. The molecule has 34 heavy (non-hydrogen) atoms. The summed E-state index contributed by atoms with van der Waals surface area (Å²) in [7, 11) is -3.76. The Labute approximate surface area is 219 Å². The number of rotatable bonds is 10. The summed E-state index contributed by atoms with van der Waals surface area (Å²) in [4.78, 5) is 27.8. The van der Waals surface area contributed by atoms with Gasteiger partial charge in [0, 0.05) is 21.5 Å². The molecule has 0 bridgehead atoms. The average Bonchev–Trinajstić information content (AvgIpc) is 2.77. The molecule has 0 aliphatic carbocycles. The van der Waals surface area contributed by atoms with Gasteiger partial charge in [-0.3, -0.25) is 13.9 Å². The molecule has 0 aliphatic rings. The predicted molar refractivity (Wildman–Crippen MR) is 143 cm³/mol. The molecule has 186 valence electrons. The topological polar surface area (TPSA) is 86.8 Å². The summed E-state index contributed by atoms with van der Waals surface area (Å²) in [5.74, 6) is -0.758. The summed E-state index contributed by atoms with van der Waals surface area (Å²) in [6.45, 7) is 7.10. The van der Waals surface area contributed by atoms with Gasteiger partial charge in [0.2, 0.25) is 21.8 Å². The number of anilines is 1. The van der Waals surface area contributed by atoms with E-state index >= 15 is 0 Å². The molecule has 2 amide bonds. The molecule has 0 fully saturated rings. The molecular weight excluding hydrogens is 586 g/mol. The van der Waals surface area contributed by atoms with Crippen LogP contribution in [0.25, 0.3) is 0 Å². The minimum absolute atomic E-state index is 0.0437. The minimum Gasteiger partial charge on any atom is -0.352 e. The van der Waals surface area contributed by atoms with Crippen LogP contribution in [0, 0.1) is 6.92 Å². The molecule has 0 aliphatic heterocycles. The number of hydrogen-bond donors (Lipinski definition) is 1. The van der Waals surface area contributed by atoms with Crippen molar-refractivity contribution in [2.24, 2.45) is 0 Å². The summed E-state index contributed by atoms with van der Waals surface area (Å²) in [5, 5.41) is 2.91. The van der Waals surface area contributed by atoms with E-state index in [1.165, 1.54) is 4.90 Å². The zero-order chi connectivity index (χ0) is 25.6. The van der Waals surface area contributed by atoms with E-state index in [1.807, 2.05) is 45.0 Å². The fourth-order valence-corrected chi connectivity index (χ4v) is 4.58. The van der Waals surface area contributed by atoms with Gasteiger partial charge in [-0.25, -0.2) is 8.42 Å². The molecule has 2 rings (SSSR count). The van der Waals surface area contributed by atoms with Crippen molar-refractivity contribution < 1.29 is 18.0 Å². The first-order valence-corrected chi connectivity index (χ1v) is 14.3. The maximum atomic E-state index is 13.5. The summed E-state index contributed by atoms with van der Waals surface area (Å²) in [6, 6.07) is 11.7. The van der Waals surface area contributed by atoms with Crippen LogP contribution in [0.15, 0.2) is 51.4 Å². The van der Waals surface area contributed by atoms with Crippen molar-refractivity contribution in [2.75, 3.05) is 17.1 Å². The van der Waals surface area contributed by atoms with Crippen LogP contribution in [0.4, 0.5) is 5.69 Å². The second-order valence-electron chi connectivity index (χ2n) is 8.35. The van der Waals surface area contributed by atoms with Crippen molar-refractivity contribution in [1.29, 1.82) is 0 Å². The Balaban J connectivity index is 2.39. The number of amides is 2. The quantitative estimate of drug-likeness (QED) is 0.422. The van der Waals surface area contributed by atoms with E-state index in [4.69, 9.17) is 0 Å². The van der Waals surface area contributed by atoms with Crippen molar-refractivity contribution in [3.63, 3.8) is 0 Å². The van der Waals surface area contributed by atoms with E-state index in [-0.39, 0.29) is 18.5 Å². The molecule has 0 radical (unpaired) electrons. The zero-order valence-electron chi connectivity index (χ0n) is 20.0. The lowest BCUT2D eigenvalue weighted by molar-refractivity contribution is -0.139. The molecule has 2 aromatic rings. The molecule has 2 atom stereocenters. The zero-order valence-corrected chi connectivity index (χ0v) is 24.0. The number of carbonyl (C=O) groups excluding carboxylic acids is 2. The first-order valence-electron chi connectivity index (χ1n) is 10.9. The smallest absolute Gasteiger partial charge is 0.244 e. The lowest BCUT2D eigenvalue weighted by Crippen LogP contribution is -2.52. The van der Waals surface area contributed by atoms with Gasteiger partial charge in [-0.2, -0.15) is 0 Å². The molecular formula is C24H31Br2N3O4S. The lowest BCUT2D eigenvalue weighted by atomic mass is 10.1. The van der Waals surface area contributed by atoms with E-state index < -0.39 is 28.5 Å². The van der Waals surface area contributed by atoms with Crippen LogP contribution >= 0.6 is 31.9 Å². The number of halogens is 2. The first kappa shape index (κ1) is 28.3. The second-order valence-corrected chi connectivity index (χ2v) is 12.0. The largest absolute Gasteiger partial charge is 0.352 e. The van der Waals surface area contributed by atoms with Crippen molar-refractivity contribution in [3.8, 4) is 0 Å². The van der Waals surface area contributed by atoms with Gasteiger partial charge in [-0.05, 0) is 68.7 Å². The van der Waals surface area contributed by atoms with Crippen LogP contribution in [-0.4, -0.2) is 50.0 Å². The van der Waals surface area contributed by atoms with Crippen LogP contribution < -0.4 is 9.62 Å². The maximum absolute atomic E-state index is 13.5. The van der Waals surface area contributed by atoms with Gasteiger partial charge in [-0.15, -0.1) is 0 Å². The Hall–Kier alpha value is -1.91. The first-order chi connectivity index (χ1) is 15.8. The Morgan fingerprint density at radius 3 is 2.21 bits per heavy atom. The second kappa shape index (κ2) is 12.2. The fourth-order valence-electron chi connectivity index (χ4n) is 3.23. The van der Waals surface area contributed by atoms with Crippen LogP contribution in [0.3, 0.4) is 0 Å². The third-order valence-corrected chi connectivity index (χ3v) is 8.10. The van der Waals surface area contributed by atoms with Crippen LogP contribution in [0.5, 0.6) is 0 Å². The maximum Gasteiger partial charge on any atom is 0.244 e. The van der Waals surface area contributed by atoms with Gasteiger partial charge in [-0.1, -0.05) is 50.9 Å². The number of carbonyl (C=O) groups is 2. The van der Waals surface area contributed by atoms with Crippen molar-refractivity contribution in [1.82, 2.24) is 10.2 Å². The highest BCUT2D eigenvalue weighted by atomic mass is 79.9. The van der Waals surface area contributed by atoms with Gasteiger partial charge >= 0.3 is 0 Å². The molecule has 0 unspecified atom stereocenters. The van der Waals surface area contributed by atoms with Gasteiger partial charge in [0.1, 0.15) is 12.6 Å². The van der Waals surface area contributed by atoms with Crippen molar-refractivity contribution in [2.45, 2.75) is 52.7 Å².